The summed E-state index contributed by atoms with van der Waals surface area (Å²) in [5.74, 6) is -2.79. The highest BCUT2D eigenvalue weighted by Gasteiger charge is 2.57. The smallest absolute Gasteiger partial charge is 0.416 e. The van der Waals surface area contributed by atoms with Crippen molar-refractivity contribution >= 4 is 52.2 Å². The van der Waals surface area contributed by atoms with Gasteiger partial charge in [-0.2, -0.15) is 13.2 Å². The largest absolute Gasteiger partial charge is 0.469 e. The number of nitrogens with one attached hydrogen (secondary N) is 1. The molecule has 0 bridgehead atoms. The first-order valence-electron chi connectivity index (χ1n) is 12.0. The van der Waals surface area contributed by atoms with E-state index in [1.165, 1.54) is 23.0 Å². The molecule has 0 aliphatic carbocycles. The van der Waals surface area contributed by atoms with E-state index < -0.39 is 58.0 Å². The quantitative estimate of drug-likeness (QED) is 0.333. The number of imide groups is 1. The van der Waals surface area contributed by atoms with Crippen molar-refractivity contribution in [3.05, 3.63) is 98.9 Å². The lowest BCUT2D eigenvalue weighted by atomic mass is 9.87. The number of nitrogens with zero attached hydrogens (tertiary/aromatic N) is 2. The summed E-state index contributed by atoms with van der Waals surface area (Å²) in [6.07, 6.45) is -3.15. The Morgan fingerprint density at radius 3 is 2.45 bits per heavy atom. The first-order chi connectivity index (χ1) is 19.1. The molecule has 2 aromatic carbocycles. The maximum atomic E-state index is 13.7. The number of furan rings is 1. The molecule has 2 aliphatic rings. The van der Waals surface area contributed by atoms with Crippen LogP contribution in [-0.2, 0) is 27.1 Å². The summed E-state index contributed by atoms with van der Waals surface area (Å²) in [6.45, 7) is -0.499. The van der Waals surface area contributed by atoms with Gasteiger partial charge in [0.1, 0.15) is 17.6 Å². The van der Waals surface area contributed by atoms with Crippen molar-refractivity contribution in [1.82, 2.24) is 4.57 Å². The lowest BCUT2D eigenvalue weighted by Gasteiger charge is -2.29. The zero-order chi connectivity index (χ0) is 28.2. The monoisotopic (exact) mass is 585 g/mol. The van der Waals surface area contributed by atoms with E-state index in [1.807, 2.05) is 0 Å². The highest BCUT2D eigenvalue weighted by molar-refractivity contribution is 8.00. The molecule has 0 unspecified atom stereocenters. The van der Waals surface area contributed by atoms with Gasteiger partial charge in [-0.15, -0.1) is 0 Å². The number of carbonyl (C=O) groups is 3. The van der Waals surface area contributed by atoms with E-state index in [-0.39, 0.29) is 5.69 Å². The molecule has 40 heavy (non-hydrogen) atoms. The minimum atomic E-state index is -4.59. The molecule has 4 heterocycles. The summed E-state index contributed by atoms with van der Waals surface area (Å²) in [5, 5.41) is 1.86. The van der Waals surface area contributed by atoms with Gasteiger partial charge < -0.3 is 9.73 Å². The summed E-state index contributed by atoms with van der Waals surface area (Å²) < 4.78 is 46.1. The van der Waals surface area contributed by atoms with E-state index >= 15 is 0 Å². The standard InChI is InChI=1S/C27H18F3N3O5S2/c28-27(29,30)14-6-4-7-15(12-14)31-18(34)13-32-25-22(40-26(32)37)19(17-10-5-11-38-17)20-21(39-25)24(36)33(23(20)35)16-8-2-1-3-9-16/h1-12,19-21H,13H2,(H,31,34)/t19-,20-,21+/m0/s1. The average Bonchev–Trinajstić information content (AvgIpc) is 3.62. The van der Waals surface area contributed by atoms with Crippen LogP contribution in [0.3, 0.4) is 0 Å². The highest BCUT2D eigenvalue weighted by atomic mass is 32.2. The number of hydrogen-bond donors (Lipinski definition) is 1. The molecule has 2 aromatic heterocycles. The number of thioether (sulfide) groups is 1. The van der Waals surface area contributed by atoms with Crippen LogP contribution in [0.25, 0.3) is 0 Å². The molecule has 1 saturated heterocycles. The van der Waals surface area contributed by atoms with Gasteiger partial charge >= 0.3 is 11.0 Å². The van der Waals surface area contributed by atoms with Gasteiger partial charge in [-0.1, -0.05) is 47.4 Å². The molecule has 2 aliphatic heterocycles. The van der Waals surface area contributed by atoms with E-state index in [0.29, 0.717) is 21.4 Å². The van der Waals surface area contributed by atoms with Gasteiger partial charge in [-0.25, -0.2) is 4.90 Å². The van der Waals surface area contributed by atoms with Gasteiger partial charge in [0.05, 0.1) is 39.3 Å². The SMILES string of the molecule is O=C(Cn1c2c(sc1=O)[C@@H](c1ccco1)[C@@H]1C(=O)N(c3ccccc3)C(=O)[C@@H]1S2)Nc1cccc(C(F)(F)F)c1. The van der Waals surface area contributed by atoms with Crippen LogP contribution in [0.5, 0.6) is 0 Å². The maximum absolute atomic E-state index is 13.7. The zero-order valence-electron chi connectivity index (χ0n) is 20.3. The molecule has 3 atom stereocenters. The molecule has 8 nitrogen and oxygen atoms in total. The molecule has 1 N–H and O–H groups in total. The Hall–Kier alpha value is -4.10. The van der Waals surface area contributed by atoms with E-state index in [2.05, 4.69) is 5.32 Å². The van der Waals surface area contributed by atoms with E-state index in [9.17, 15) is 32.3 Å². The number of rotatable bonds is 5. The van der Waals surface area contributed by atoms with Crippen molar-refractivity contribution in [2.24, 2.45) is 5.92 Å². The molecule has 3 amide bonds. The molecular weight excluding hydrogens is 567 g/mol. The number of hydrogen-bond acceptors (Lipinski definition) is 7. The number of thiazole rings is 1. The van der Waals surface area contributed by atoms with Crippen LogP contribution in [0.15, 0.2) is 87.2 Å². The number of fused-ring (bicyclic) bond motifs is 2. The molecule has 13 heteroatoms. The van der Waals surface area contributed by atoms with Crippen LogP contribution in [0.4, 0.5) is 24.5 Å². The number of alkyl halides is 3. The Labute approximate surface area is 232 Å². The predicted molar refractivity (Wildman–Crippen MR) is 141 cm³/mol. The molecule has 6 rings (SSSR count). The molecular formula is C27H18F3N3O5S2. The number of para-hydroxylation sites is 1. The van der Waals surface area contributed by atoms with Crippen LogP contribution in [0.1, 0.15) is 22.1 Å². The first kappa shape index (κ1) is 26.1. The summed E-state index contributed by atoms with van der Waals surface area (Å²) in [7, 11) is 0. The number of anilines is 2. The third-order valence-corrected chi connectivity index (χ3v) is 9.29. The van der Waals surface area contributed by atoms with E-state index in [4.69, 9.17) is 4.42 Å². The Kier molecular flexibility index (Phi) is 6.42. The third kappa shape index (κ3) is 4.44. The highest BCUT2D eigenvalue weighted by Crippen LogP contribution is 2.53. The fourth-order valence-electron chi connectivity index (χ4n) is 4.98. The van der Waals surface area contributed by atoms with Crippen LogP contribution in [0.2, 0.25) is 0 Å². The van der Waals surface area contributed by atoms with Crippen LogP contribution >= 0.6 is 23.1 Å². The van der Waals surface area contributed by atoms with Crippen molar-refractivity contribution in [1.29, 1.82) is 0 Å². The Morgan fingerprint density at radius 2 is 1.75 bits per heavy atom. The van der Waals surface area contributed by atoms with Gasteiger partial charge in [-0.3, -0.25) is 23.7 Å². The van der Waals surface area contributed by atoms with Crippen LogP contribution in [0, 0.1) is 5.92 Å². The van der Waals surface area contributed by atoms with E-state index in [1.54, 1.807) is 42.5 Å². The predicted octanol–water partition coefficient (Wildman–Crippen LogP) is 4.96. The second-order valence-corrected chi connectivity index (χ2v) is 11.3. The Balaban J connectivity index is 1.35. The fraction of sp³-hybridized carbons (Fsp3) is 0.185. The summed E-state index contributed by atoms with van der Waals surface area (Å²) in [4.78, 5) is 54.3. The van der Waals surface area contributed by atoms with Crippen molar-refractivity contribution in [2.75, 3.05) is 10.2 Å². The second-order valence-electron chi connectivity index (χ2n) is 9.16. The lowest BCUT2D eigenvalue weighted by Crippen LogP contribution is -2.32. The summed E-state index contributed by atoms with van der Waals surface area (Å²) >= 11 is 1.87. The third-order valence-electron chi connectivity index (χ3n) is 6.69. The summed E-state index contributed by atoms with van der Waals surface area (Å²) in [5.41, 5.74) is -0.578. The van der Waals surface area contributed by atoms with E-state index in [0.717, 1.165) is 40.1 Å². The Bertz CT molecular complexity index is 1680. The second kappa shape index (κ2) is 9.82. The van der Waals surface area contributed by atoms with Gasteiger partial charge in [-0.05, 0) is 42.5 Å². The first-order valence-corrected chi connectivity index (χ1v) is 13.7. The van der Waals surface area contributed by atoms with Gasteiger partial charge in [0, 0.05) is 5.69 Å². The number of halogens is 3. The van der Waals surface area contributed by atoms with Crippen molar-refractivity contribution < 1.29 is 32.0 Å². The molecule has 204 valence electrons. The topological polar surface area (TPSA) is 102 Å². The number of amides is 3. The molecule has 0 saturated carbocycles. The van der Waals surface area contributed by atoms with Gasteiger partial charge in [0.15, 0.2) is 0 Å². The molecule has 0 radical (unpaired) electrons. The maximum Gasteiger partial charge on any atom is 0.416 e. The molecule has 4 aromatic rings. The number of aromatic nitrogens is 1. The average molecular weight is 586 g/mol. The van der Waals surface area contributed by atoms with Crippen LogP contribution in [-0.4, -0.2) is 27.5 Å². The van der Waals surface area contributed by atoms with Gasteiger partial charge in [0.25, 0.3) is 0 Å². The van der Waals surface area contributed by atoms with Crippen LogP contribution < -0.4 is 15.1 Å². The lowest BCUT2D eigenvalue weighted by molar-refractivity contribution is -0.137. The summed E-state index contributed by atoms with van der Waals surface area (Å²) in [6, 6.07) is 16.0. The Morgan fingerprint density at radius 1 is 0.975 bits per heavy atom. The number of carbonyl (C=O) groups excluding carboxylic acids is 3. The molecule has 0 spiro atoms. The minimum absolute atomic E-state index is 0.0757. The zero-order valence-corrected chi connectivity index (χ0v) is 21.9. The molecule has 1 fully saturated rings. The fourth-order valence-corrected chi connectivity index (χ4v) is 7.73. The van der Waals surface area contributed by atoms with Gasteiger partial charge in [0.2, 0.25) is 17.7 Å². The normalized spacial score (nSPS) is 20.4. The van der Waals surface area contributed by atoms with Crippen molar-refractivity contribution in [2.45, 2.75) is 28.9 Å². The van der Waals surface area contributed by atoms with Crippen molar-refractivity contribution in [3.63, 3.8) is 0 Å². The minimum Gasteiger partial charge on any atom is -0.469 e. The van der Waals surface area contributed by atoms with Crippen molar-refractivity contribution in [3.8, 4) is 0 Å². The number of benzene rings is 2.